The Morgan fingerprint density at radius 1 is 1.11 bits per heavy atom. The van der Waals surface area contributed by atoms with Crippen LogP contribution >= 0.6 is 0 Å². The Balaban J connectivity index is 1.80. The van der Waals surface area contributed by atoms with E-state index in [9.17, 15) is 9.59 Å². The number of urea groups is 1. The molecule has 0 aliphatic rings. The maximum Gasteiger partial charge on any atom is 0.320 e. The molecule has 138 valence electrons. The van der Waals surface area contributed by atoms with Crippen molar-refractivity contribution in [3.8, 4) is 0 Å². The van der Waals surface area contributed by atoms with Crippen LogP contribution in [0.1, 0.15) is 12.6 Å². The summed E-state index contributed by atoms with van der Waals surface area (Å²) < 4.78 is 0. The molecule has 8 heteroatoms. The zero-order valence-electron chi connectivity index (χ0n) is 14.8. The van der Waals surface area contributed by atoms with Crippen LogP contribution in [0.2, 0.25) is 0 Å². The van der Waals surface area contributed by atoms with E-state index in [1.165, 1.54) is 0 Å². The third-order valence-electron chi connectivity index (χ3n) is 3.80. The van der Waals surface area contributed by atoms with Crippen molar-refractivity contribution in [3.05, 3.63) is 54.5 Å². The van der Waals surface area contributed by atoms with Gasteiger partial charge in [-0.05, 0) is 36.6 Å². The van der Waals surface area contributed by atoms with E-state index in [0.717, 1.165) is 22.1 Å². The molecule has 3 rings (SSSR count). The predicted octanol–water partition coefficient (Wildman–Crippen LogP) is 2.54. The number of aromatic nitrogens is 2. The van der Waals surface area contributed by atoms with Gasteiger partial charge in [0.25, 0.3) is 0 Å². The lowest BCUT2D eigenvalue weighted by Gasteiger charge is -2.11. The highest BCUT2D eigenvalue weighted by Crippen LogP contribution is 2.27. The van der Waals surface area contributed by atoms with Crippen LogP contribution in [0.4, 0.5) is 22.0 Å². The number of hydrogen-bond acceptors (Lipinski definition) is 5. The zero-order valence-corrected chi connectivity index (χ0v) is 14.8. The van der Waals surface area contributed by atoms with E-state index in [-0.39, 0.29) is 12.5 Å². The van der Waals surface area contributed by atoms with Crippen molar-refractivity contribution in [3.63, 3.8) is 0 Å². The molecule has 2 aromatic heterocycles. The van der Waals surface area contributed by atoms with Crippen LogP contribution in [-0.2, 0) is 11.2 Å². The third-order valence-corrected chi connectivity index (χ3v) is 3.80. The van der Waals surface area contributed by atoms with Gasteiger partial charge in [0, 0.05) is 29.5 Å². The number of pyridine rings is 2. The number of hydrogen-bond donors (Lipinski definition) is 4. The Morgan fingerprint density at radius 2 is 1.96 bits per heavy atom. The van der Waals surface area contributed by atoms with E-state index in [0.29, 0.717) is 18.1 Å². The number of fused-ring (bicyclic) bond motifs is 1. The average Bonchev–Trinajstić information content (AvgIpc) is 2.63. The number of nitrogens with two attached hydrogens (primary N) is 1. The van der Waals surface area contributed by atoms with Crippen LogP contribution < -0.4 is 21.7 Å². The number of rotatable bonds is 6. The predicted molar refractivity (Wildman–Crippen MR) is 105 cm³/mol. The van der Waals surface area contributed by atoms with Crippen LogP contribution in [0, 0.1) is 0 Å². The highest BCUT2D eigenvalue weighted by molar-refractivity contribution is 5.97. The van der Waals surface area contributed by atoms with Gasteiger partial charge < -0.3 is 16.4 Å². The molecule has 0 aliphatic carbocycles. The minimum atomic E-state index is -0.416. The topological polar surface area (TPSA) is 122 Å². The number of anilines is 3. The Kier molecular flexibility index (Phi) is 5.46. The third kappa shape index (κ3) is 4.69. The summed E-state index contributed by atoms with van der Waals surface area (Å²) in [5.74, 6) is 0.0587. The normalized spacial score (nSPS) is 10.4. The lowest BCUT2D eigenvalue weighted by atomic mass is 10.1. The summed E-state index contributed by atoms with van der Waals surface area (Å²) in [4.78, 5) is 31.1. The second kappa shape index (κ2) is 8.13. The molecule has 0 spiro atoms. The van der Waals surface area contributed by atoms with Crippen molar-refractivity contribution in [2.75, 3.05) is 17.2 Å². The van der Waals surface area contributed by atoms with Crippen molar-refractivity contribution in [2.24, 2.45) is 5.73 Å². The maximum absolute atomic E-state index is 11.6. The molecule has 3 aromatic rings. The van der Waals surface area contributed by atoms with E-state index < -0.39 is 5.91 Å². The van der Waals surface area contributed by atoms with E-state index in [2.05, 4.69) is 25.9 Å². The molecule has 0 unspecified atom stereocenters. The Hall–Kier alpha value is -3.68. The summed E-state index contributed by atoms with van der Waals surface area (Å²) in [6.45, 7) is 2.39. The fraction of sp³-hybridized carbons (Fsp3) is 0.158. The van der Waals surface area contributed by atoms with Crippen molar-refractivity contribution in [1.29, 1.82) is 0 Å². The highest BCUT2D eigenvalue weighted by Gasteiger charge is 2.07. The van der Waals surface area contributed by atoms with Gasteiger partial charge in [0.1, 0.15) is 5.82 Å². The van der Waals surface area contributed by atoms with Crippen molar-refractivity contribution < 1.29 is 9.59 Å². The second-order valence-electron chi connectivity index (χ2n) is 5.89. The summed E-state index contributed by atoms with van der Waals surface area (Å²) >= 11 is 0. The molecule has 0 aliphatic heterocycles. The number of carbonyl (C=O) groups is 2. The fourth-order valence-corrected chi connectivity index (χ4v) is 2.61. The molecule has 8 nitrogen and oxygen atoms in total. The van der Waals surface area contributed by atoms with Crippen molar-refractivity contribution in [1.82, 2.24) is 15.3 Å². The first-order chi connectivity index (χ1) is 13.0. The zero-order chi connectivity index (χ0) is 19.2. The van der Waals surface area contributed by atoms with Crippen LogP contribution in [0.15, 0.2) is 48.8 Å². The lowest BCUT2D eigenvalue weighted by molar-refractivity contribution is -0.117. The molecule has 0 fully saturated rings. The van der Waals surface area contributed by atoms with E-state index in [1.807, 2.05) is 37.3 Å². The first-order valence-corrected chi connectivity index (χ1v) is 8.49. The summed E-state index contributed by atoms with van der Waals surface area (Å²) in [5, 5.41) is 10.5. The number of carbonyl (C=O) groups excluding carboxylic acids is 2. The molecule has 3 amide bonds. The summed E-state index contributed by atoms with van der Waals surface area (Å²) in [5.41, 5.74) is 7.43. The molecule has 5 N–H and O–H groups in total. The number of benzene rings is 1. The van der Waals surface area contributed by atoms with Gasteiger partial charge in [-0.25, -0.2) is 9.78 Å². The van der Waals surface area contributed by atoms with Crippen LogP contribution in [0.5, 0.6) is 0 Å². The Labute approximate surface area is 156 Å². The van der Waals surface area contributed by atoms with E-state index >= 15 is 0 Å². The van der Waals surface area contributed by atoms with Gasteiger partial charge in [0.15, 0.2) is 0 Å². The molecule has 27 heavy (non-hydrogen) atoms. The molecule has 2 heterocycles. The SMILES string of the molecule is CCNC(=O)Nc1cc2cccc(Nc3ccc(CC(N)=O)nc3)c2cn1. The molecule has 0 atom stereocenters. The first kappa shape index (κ1) is 18.1. The quantitative estimate of drug-likeness (QED) is 0.535. The number of primary amides is 1. The molecule has 0 radical (unpaired) electrons. The number of nitrogens with zero attached hydrogens (tertiary/aromatic N) is 2. The van der Waals surface area contributed by atoms with Gasteiger partial charge in [-0.1, -0.05) is 12.1 Å². The standard InChI is InChI=1S/C19H20N6O2/c1-2-21-19(27)25-18-8-12-4-3-5-16(15(12)11-23-18)24-14-7-6-13(22-10-14)9-17(20)26/h3-8,10-11,24H,2,9H2,1H3,(H2,20,26)(H2,21,23,25,27). The molecule has 1 aromatic carbocycles. The summed E-state index contributed by atoms with van der Waals surface area (Å²) in [7, 11) is 0. The van der Waals surface area contributed by atoms with Gasteiger partial charge in [0.2, 0.25) is 5.91 Å². The molecule has 0 saturated heterocycles. The minimum Gasteiger partial charge on any atom is -0.369 e. The Bertz CT molecular complexity index is 972. The number of nitrogens with one attached hydrogen (secondary N) is 3. The lowest BCUT2D eigenvalue weighted by Crippen LogP contribution is -2.28. The van der Waals surface area contributed by atoms with Gasteiger partial charge in [0.05, 0.1) is 18.3 Å². The van der Waals surface area contributed by atoms with Crippen molar-refractivity contribution in [2.45, 2.75) is 13.3 Å². The minimum absolute atomic E-state index is 0.111. The molecule has 0 bridgehead atoms. The van der Waals surface area contributed by atoms with Gasteiger partial charge in [-0.15, -0.1) is 0 Å². The van der Waals surface area contributed by atoms with Gasteiger partial charge in [-0.3, -0.25) is 15.1 Å². The summed E-state index contributed by atoms with van der Waals surface area (Å²) in [6.07, 6.45) is 3.46. The summed E-state index contributed by atoms with van der Waals surface area (Å²) in [6, 6.07) is 10.9. The average molecular weight is 364 g/mol. The monoisotopic (exact) mass is 364 g/mol. The second-order valence-corrected chi connectivity index (χ2v) is 5.89. The molecular weight excluding hydrogens is 344 g/mol. The largest absolute Gasteiger partial charge is 0.369 e. The van der Waals surface area contributed by atoms with Crippen molar-refractivity contribution >= 4 is 39.9 Å². The van der Waals surface area contributed by atoms with E-state index in [1.54, 1.807) is 18.5 Å². The first-order valence-electron chi connectivity index (χ1n) is 8.49. The van der Waals surface area contributed by atoms with Gasteiger partial charge >= 0.3 is 6.03 Å². The van der Waals surface area contributed by atoms with Crippen LogP contribution in [0.3, 0.4) is 0 Å². The van der Waals surface area contributed by atoms with Crippen LogP contribution in [-0.4, -0.2) is 28.5 Å². The smallest absolute Gasteiger partial charge is 0.320 e. The van der Waals surface area contributed by atoms with Crippen LogP contribution in [0.25, 0.3) is 10.8 Å². The molecular formula is C19H20N6O2. The molecule has 0 saturated carbocycles. The maximum atomic E-state index is 11.6. The fourth-order valence-electron chi connectivity index (χ4n) is 2.61. The highest BCUT2D eigenvalue weighted by atomic mass is 16.2. The Morgan fingerprint density at radius 3 is 2.67 bits per heavy atom. The number of amides is 3. The van der Waals surface area contributed by atoms with E-state index in [4.69, 9.17) is 5.73 Å². The van der Waals surface area contributed by atoms with Gasteiger partial charge in [-0.2, -0.15) is 0 Å².